The molecule has 0 spiro atoms. The van der Waals surface area contributed by atoms with Crippen LogP contribution in [0.3, 0.4) is 0 Å². The Hall–Kier alpha value is -2.84. The second-order valence-corrected chi connectivity index (χ2v) is 8.68. The topological polar surface area (TPSA) is 67.6 Å². The van der Waals surface area contributed by atoms with Crippen molar-refractivity contribution < 1.29 is 13.9 Å². The van der Waals surface area contributed by atoms with Gasteiger partial charge in [0.2, 0.25) is 0 Å². The van der Waals surface area contributed by atoms with Crippen LogP contribution in [0.15, 0.2) is 75.2 Å². The average molecular weight is 454 g/mol. The van der Waals surface area contributed by atoms with Crippen molar-refractivity contribution in [2.75, 3.05) is 13.7 Å². The number of benzene rings is 1. The van der Waals surface area contributed by atoms with E-state index in [9.17, 15) is 4.79 Å². The zero-order valence-corrected chi connectivity index (χ0v) is 18.9. The van der Waals surface area contributed by atoms with Crippen molar-refractivity contribution in [1.29, 1.82) is 0 Å². The van der Waals surface area contributed by atoms with Crippen molar-refractivity contribution >= 4 is 35.1 Å². The Kier molecular flexibility index (Phi) is 6.58. The zero-order valence-electron chi connectivity index (χ0n) is 17.3. The minimum Gasteiger partial charge on any atom is -0.469 e. The summed E-state index contributed by atoms with van der Waals surface area (Å²) in [6.45, 7) is 2.49. The SMILES string of the molecule is COC(=O)CCN1C(=S)N[C@@H](c2ccccn2)[C@@H]1c1ccc(Sc2ccc(C)cc2)o1. The summed E-state index contributed by atoms with van der Waals surface area (Å²) < 4.78 is 11.1. The number of aromatic nitrogens is 1. The van der Waals surface area contributed by atoms with Crippen molar-refractivity contribution in [2.24, 2.45) is 0 Å². The number of hydrogen-bond donors (Lipinski definition) is 1. The Balaban J connectivity index is 1.61. The van der Waals surface area contributed by atoms with Crippen molar-refractivity contribution in [3.05, 3.63) is 77.8 Å². The second kappa shape index (κ2) is 9.53. The number of carbonyl (C=O) groups excluding carboxylic acids is 1. The minimum atomic E-state index is -0.280. The fraction of sp³-hybridized carbons (Fsp3) is 0.261. The average Bonchev–Trinajstić information content (AvgIpc) is 3.38. The number of furan rings is 1. The fourth-order valence-electron chi connectivity index (χ4n) is 3.54. The van der Waals surface area contributed by atoms with E-state index in [1.807, 2.05) is 35.2 Å². The first-order chi connectivity index (χ1) is 15.0. The van der Waals surface area contributed by atoms with E-state index >= 15 is 0 Å². The summed E-state index contributed by atoms with van der Waals surface area (Å²) in [5.41, 5.74) is 2.08. The summed E-state index contributed by atoms with van der Waals surface area (Å²) >= 11 is 7.16. The third-order valence-corrected chi connectivity index (χ3v) is 6.40. The van der Waals surface area contributed by atoms with Crippen LogP contribution >= 0.6 is 24.0 Å². The summed E-state index contributed by atoms with van der Waals surface area (Å²) in [4.78, 5) is 19.3. The molecular weight excluding hydrogens is 430 g/mol. The molecule has 8 heteroatoms. The van der Waals surface area contributed by atoms with Gasteiger partial charge in [0.1, 0.15) is 11.8 Å². The number of pyridine rings is 1. The van der Waals surface area contributed by atoms with E-state index in [2.05, 4.69) is 41.5 Å². The number of rotatable bonds is 7. The summed E-state index contributed by atoms with van der Waals surface area (Å²) in [7, 11) is 1.39. The van der Waals surface area contributed by atoms with E-state index in [-0.39, 0.29) is 24.5 Å². The molecule has 3 aromatic rings. The molecule has 2 aromatic heterocycles. The standard InChI is InChI=1S/C23H23N3O3S2/c1-15-6-8-16(9-7-15)31-20-11-10-18(29-20)22-21(17-5-3-4-13-24-17)25-23(30)26(22)14-12-19(27)28-2/h3-11,13,21-22H,12,14H2,1-2H3,(H,25,30)/t21-,22-/m0/s1. The highest BCUT2D eigenvalue weighted by atomic mass is 32.2. The lowest BCUT2D eigenvalue weighted by Gasteiger charge is -2.25. The second-order valence-electron chi connectivity index (χ2n) is 7.22. The van der Waals surface area contributed by atoms with Gasteiger partial charge in [-0.1, -0.05) is 35.5 Å². The molecule has 4 rings (SSSR count). The summed E-state index contributed by atoms with van der Waals surface area (Å²) in [5, 5.41) is 4.71. The van der Waals surface area contributed by atoms with Gasteiger partial charge in [-0.05, 0) is 55.5 Å². The number of nitrogens with one attached hydrogen (secondary N) is 1. The first-order valence-corrected chi connectivity index (χ1v) is 11.2. The van der Waals surface area contributed by atoms with E-state index in [0.717, 1.165) is 21.4 Å². The smallest absolute Gasteiger partial charge is 0.307 e. The van der Waals surface area contributed by atoms with Crippen LogP contribution in [-0.4, -0.2) is 34.6 Å². The fourth-order valence-corrected chi connectivity index (χ4v) is 4.65. The highest BCUT2D eigenvalue weighted by Crippen LogP contribution is 2.41. The number of thiocarbonyl (C=S) groups is 1. The summed E-state index contributed by atoms with van der Waals surface area (Å²) in [6, 6.07) is 17.6. The minimum absolute atomic E-state index is 0.185. The highest BCUT2D eigenvalue weighted by Gasteiger charge is 2.41. The molecule has 3 heterocycles. The number of hydrogen-bond acceptors (Lipinski definition) is 6. The van der Waals surface area contributed by atoms with Crippen LogP contribution < -0.4 is 5.32 Å². The van der Waals surface area contributed by atoms with E-state index in [1.165, 1.54) is 12.7 Å². The lowest BCUT2D eigenvalue weighted by Crippen LogP contribution is -2.31. The highest BCUT2D eigenvalue weighted by molar-refractivity contribution is 7.99. The first kappa shape index (κ1) is 21.4. The van der Waals surface area contributed by atoms with Gasteiger partial charge in [0.25, 0.3) is 0 Å². The first-order valence-electron chi connectivity index (χ1n) is 9.94. The van der Waals surface area contributed by atoms with Crippen LogP contribution in [0.1, 0.15) is 35.5 Å². The monoisotopic (exact) mass is 453 g/mol. The lowest BCUT2D eigenvalue weighted by atomic mass is 10.0. The van der Waals surface area contributed by atoms with E-state index in [0.29, 0.717) is 11.7 Å². The zero-order chi connectivity index (χ0) is 21.8. The van der Waals surface area contributed by atoms with Crippen molar-refractivity contribution in [3.8, 4) is 0 Å². The van der Waals surface area contributed by atoms with Crippen molar-refractivity contribution in [1.82, 2.24) is 15.2 Å². The predicted octanol–water partition coefficient (Wildman–Crippen LogP) is 4.67. The Morgan fingerprint density at radius 2 is 2.03 bits per heavy atom. The molecule has 1 fully saturated rings. The maximum atomic E-state index is 11.7. The molecule has 0 saturated carbocycles. The number of ether oxygens (including phenoxy) is 1. The predicted molar refractivity (Wildman–Crippen MR) is 123 cm³/mol. The molecule has 0 unspecified atom stereocenters. The van der Waals surface area contributed by atoms with Crippen LogP contribution in [0.5, 0.6) is 0 Å². The van der Waals surface area contributed by atoms with E-state index < -0.39 is 0 Å². The number of nitrogens with zero attached hydrogens (tertiary/aromatic N) is 2. The van der Waals surface area contributed by atoms with E-state index in [4.69, 9.17) is 21.4 Å². The maximum Gasteiger partial charge on any atom is 0.307 e. The quantitative estimate of drug-likeness (QED) is 0.409. The number of methoxy groups -OCH3 is 1. The number of aryl methyl sites for hydroxylation is 1. The van der Waals surface area contributed by atoms with Crippen LogP contribution in [0.25, 0.3) is 0 Å². The van der Waals surface area contributed by atoms with Gasteiger partial charge in [0, 0.05) is 17.6 Å². The van der Waals surface area contributed by atoms with Crippen LogP contribution in [0, 0.1) is 6.92 Å². The molecule has 31 heavy (non-hydrogen) atoms. The maximum absolute atomic E-state index is 11.7. The Bertz CT molecular complexity index is 1050. The van der Waals surface area contributed by atoms with Gasteiger partial charge in [-0.2, -0.15) is 0 Å². The number of carbonyl (C=O) groups is 1. The number of esters is 1. The molecule has 1 N–H and O–H groups in total. The molecular formula is C23H23N3O3S2. The van der Waals surface area contributed by atoms with Gasteiger partial charge in [-0.25, -0.2) is 0 Å². The molecule has 160 valence electrons. The van der Waals surface area contributed by atoms with Gasteiger partial charge in [0.15, 0.2) is 10.2 Å². The molecule has 2 atom stereocenters. The molecule has 1 aromatic carbocycles. The lowest BCUT2D eigenvalue weighted by molar-refractivity contribution is -0.140. The largest absolute Gasteiger partial charge is 0.469 e. The molecule has 1 aliphatic heterocycles. The van der Waals surface area contributed by atoms with Crippen LogP contribution in [0.2, 0.25) is 0 Å². The molecule has 0 bridgehead atoms. The van der Waals surface area contributed by atoms with Gasteiger partial charge in [0.05, 0.1) is 25.3 Å². The molecule has 0 amide bonds. The van der Waals surface area contributed by atoms with Crippen molar-refractivity contribution in [2.45, 2.75) is 35.4 Å². The van der Waals surface area contributed by atoms with E-state index in [1.54, 1.807) is 18.0 Å². The van der Waals surface area contributed by atoms with Gasteiger partial charge in [-0.15, -0.1) is 0 Å². The third kappa shape index (κ3) is 4.91. The molecule has 1 saturated heterocycles. The molecule has 0 aliphatic carbocycles. The molecule has 0 radical (unpaired) electrons. The van der Waals surface area contributed by atoms with Crippen LogP contribution in [-0.2, 0) is 9.53 Å². The summed E-state index contributed by atoms with van der Waals surface area (Å²) in [6.07, 6.45) is 1.99. The summed E-state index contributed by atoms with van der Waals surface area (Å²) in [5.74, 6) is 0.486. The van der Waals surface area contributed by atoms with Gasteiger partial charge in [-0.3, -0.25) is 9.78 Å². The Morgan fingerprint density at radius 1 is 1.23 bits per heavy atom. The van der Waals surface area contributed by atoms with Gasteiger partial charge >= 0.3 is 5.97 Å². The Labute approximate surface area is 191 Å². The van der Waals surface area contributed by atoms with Gasteiger partial charge < -0.3 is 19.4 Å². The normalized spacial score (nSPS) is 18.1. The third-order valence-electron chi connectivity index (χ3n) is 5.12. The molecule has 1 aliphatic rings. The van der Waals surface area contributed by atoms with Crippen molar-refractivity contribution in [3.63, 3.8) is 0 Å². The molecule has 6 nitrogen and oxygen atoms in total. The Morgan fingerprint density at radius 3 is 2.74 bits per heavy atom. The van der Waals surface area contributed by atoms with Crippen LogP contribution in [0.4, 0.5) is 0 Å².